The van der Waals surface area contributed by atoms with Crippen molar-refractivity contribution in [3.8, 4) is 5.69 Å². The molecule has 164 valence electrons. The smallest absolute Gasteiger partial charge is 0.296 e. The molecule has 3 aromatic rings. The van der Waals surface area contributed by atoms with E-state index in [0.29, 0.717) is 16.5 Å². The zero-order chi connectivity index (χ0) is 22.8. The molecule has 0 bridgehead atoms. The summed E-state index contributed by atoms with van der Waals surface area (Å²) in [4.78, 5) is 29.4. The molecule has 0 unspecified atom stereocenters. The number of hydrogen-bond acceptors (Lipinski definition) is 6. The average Bonchev–Trinajstić information content (AvgIpc) is 3.25. The fraction of sp³-hybridized carbons (Fsp3) is 0.217. The Labute approximate surface area is 190 Å². The van der Waals surface area contributed by atoms with Gasteiger partial charge in [0.15, 0.2) is 5.17 Å². The van der Waals surface area contributed by atoms with Crippen molar-refractivity contribution < 1.29 is 4.79 Å². The summed E-state index contributed by atoms with van der Waals surface area (Å²) in [5, 5.41) is 8.83. The van der Waals surface area contributed by atoms with E-state index in [1.54, 1.807) is 22.6 Å². The van der Waals surface area contributed by atoms with Gasteiger partial charge >= 0.3 is 0 Å². The lowest BCUT2D eigenvalue weighted by Gasteiger charge is -2.13. The van der Waals surface area contributed by atoms with Crippen LogP contribution in [0.3, 0.4) is 0 Å². The Morgan fingerprint density at radius 3 is 2.38 bits per heavy atom. The highest BCUT2D eigenvalue weighted by molar-refractivity contribution is 8.15. The van der Waals surface area contributed by atoms with Gasteiger partial charge < -0.3 is 4.90 Å². The van der Waals surface area contributed by atoms with E-state index in [1.807, 2.05) is 80.5 Å². The fourth-order valence-electron chi connectivity index (χ4n) is 3.47. The first kappa shape index (κ1) is 21.6. The summed E-state index contributed by atoms with van der Waals surface area (Å²) < 4.78 is 3.30. The SMILES string of the molecule is Cc1c(N2C(=O)CSC2=NN=Cc2ccc(N(C)C)cc2)c(=O)n(-c2ccccc2)n1C. The molecular formula is C23H24N6O2S. The number of thioether (sulfide) groups is 1. The maximum Gasteiger partial charge on any atom is 0.296 e. The molecule has 1 fully saturated rings. The largest absolute Gasteiger partial charge is 0.378 e. The summed E-state index contributed by atoms with van der Waals surface area (Å²) in [5.41, 5.74) is 3.41. The highest BCUT2D eigenvalue weighted by Crippen LogP contribution is 2.28. The minimum Gasteiger partial charge on any atom is -0.378 e. The van der Waals surface area contributed by atoms with Gasteiger partial charge in [0.1, 0.15) is 5.69 Å². The van der Waals surface area contributed by atoms with Gasteiger partial charge in [-0.05, 0) is 36.8 Å². The highest BCUT2D eigenvalue weighted by atomic mass is 32.2. The van der Waals surface area contributed by atoms with Crippen LogP contribution in [0.15, 0.2) is 69.6 Å². The first-order chi connectivity index (χ1) is 15.4. The van der Waals surface area contributed by atoms with Gasteiger partial charge in [-0.25, -0.2) is 9.58 Å². The highest BCUT2D eigenvalue weighted by Gasteiger charge is 2.35. The first-order valence-corrected chi connectivity index (χ1v) is 11.0. The van der Waals surface area contributed by atoms with Crippen LogP contribution in [-0.4, -0.2) is 46.5 Å². The Morgan fingerprint density at radius 2 is 1.72 bits per heavy atom. The summed E-state index contributed by atoms with van der Waals surface area (Å²) in [6.07, 6.45) is 1.63. The van der Waals surface area contributed by atoms with Gasteiger partial charge in [-0.1, -0.05) is 42.1 Å². The van der Waals surface area contributed by atoms with Crippen molar-refractivity contribution in [1.82, 2.24) is 9.36 Å². The van der Waals surface area contributed by atoms with Gasteiger partial charge in [0, 0.05) is 26.8 Å². The molecule has 1 aromatic heterocycles. The Kier molecular flexibility index (Phi) is 6.00. The summed E-state index contributed by atoms with van der Waals surface area (Å²) in [7, 11) is 5.76. The van der Waals surface area contributed by atoms with Crippen LogP contribution in [0, 0.1) is 6.92 Å². The summed E-state index contributed by atoms with van der Waals surface area (Å²) >= 11 is 1.27. The van der Waals surface area contributed by atoms with Crippen LogP contribution < -0.4 is 15.4 Å². The topological polar surface area (TPSA) is 75.2 Å². The molecule has 1 aliphatic heterocycles. The number of anilines is 2. The van der Waals surface area contributed by atoms with E-state index in [2.05, 4.69) is 10.2 Å². The van der Waals surface area contributed by atoms with Gasteiger partial charge in [-0.3, -0.25) is 14.3 Å². The molecule has 2 heterocycles. The van der Waals surface area contributed by atoms with Crippen LogP contribution in [0.1, 0.15) is 11.3 Å². The maximum absolute atomic E-state index is 13.3. The van der Waals surface area contributed by atoms with E-state index in [4.69, 9.17) is 0 Å². The third-order valence-corrected chi connectivity index (χ3v) is 6.19. The number of aromatic nitrogens is 2. The van der Waals surface area contributed by atoms with E-state index in [9.17, 15) is 9.59 Å². The van der Waals surface area contributed by atoms with Crippen LogP contribution >= 0.6 is 11.8 Å². The minimum absolute atomic E-state index is 0.190. The number of amidine groups is 1. The summed E-state index contributed by atoms with van der Waals surface area (Å²) in [6, 6.07) is 17.2. The molecule has 2 aromatic carbocycles. The van der Waals surface area contributed by atoms with Crippen molar-refractivity contribution in [2.24, 2.45) is 17.3 Å². The van der Waals surface area contributed by atoms with Crippen molar-refractivity contribution in [1.29, 1.82) is 0 Å². The molecule has 0 atom stereocenters. The number of carbonyl (C=O) groups excluding carboxylic acids is 1. The van der Waals surface area contributed by atoms with Crippen molar-refractivity contribution >= 4 is 40.4 Å². The van der Waals surface area contributed by atoms with Gasteiger partial charge in [-0.2, -0.15) is 5.10 Å². The Balaban J connectivity index is 1.67. The molecule has 1 aliphatic rings. The molecule has 0 radical (unpaired) electrons. The average molecular weight is 449 g/mol. The van der Waals surface area contributed by atoms with E-state index in [-0.39, 0.29) is 17.2 Å². The van der Waals surface area contributed by atoms with Crippen molar-refractivity contribution in [3.05, 3.63) is 76.2 Å². The quantitative estimate of drug-likeness (QED) is 0.444. The lowest BCUT2D eigenvalue weighted by molar-refractivity contribution is -0.115. The molecule has 0 aliphatic carbocycles. The molecule has 1 saturated heterocycles. The van der Waals surface area contributed by atoms with E-state index in [0.717, 1.165) is 16.9 Å². The molecule has 0 N–H and O–H groups in total. The fourth-order valence-corrected chi connectivity index (χ4v) is 4.28. The second kappa shape index (κ2) is 8.88. The zero-order valence-electron chi connectivity index (χ0n) is 18.4. The van der Waals surface area contributed by atoms with Crippen LogP contribution in [0.4, 0.5) is 11.4 Å². The van der Waals surface area contributed by atoms with Gasteiger partial charge in [0.2, 0.25) is 5.91 Å². The Hall–Kier alpha value is -3.59. The summed E-state index contributed by atoms with van der Waals surface area (Å²) in [5.74, 6) is 0.0238. The van der Waals surface area contributed by atoms with E-state index < -0.39 is 0 Å². The standard InChI is InChI=1S/C23H24N6O2S/c1-16-21(22(31)29(27(16)4)19-8-6-5-7-9-19)28-20(30)15-32-23(28)25-24-14-17-10-12-18(13-11-17)26(2)3/h5-14H,15H2,1-4H3. The number of para-hydroxylation sites is 1. The number of nitrogens with zero attached hydrogens (tertiary/aromatic N) is 6. The second-order valence-corrected chi connectivity index (χ2v) is 8.48. The third kappa shape index (κ3) is 3.99. The number of rotatable bonds is 5. The predicted octanol–water partition coefficient (Wildman–Crippen LogP) is 3.02. The van der Waals surface area contributed by atoms with Gasteiger partial charge in [0.05, 0.1) is 23.3 Å². The van der Waals surface area contributed by atoms with Crippen molar-refractivity contribution in [3.63, 3.8) is 0 Å². The van der Waals surface area contributed by atoms with Crippen LogP contribution in [0.5, 0.6) is 0 Å². The predicted molar refractivity (Wildman–Crippen MR) is 131 cm³/mol. The molecule has 32 heavy (non-hydrogen) atoms. The van der Waals surface area contributed by atoms with Crippen LogP contribution in [0.25, 0.3) is 5.69 Å². The molecule has 9 heteroatoms. The first-order valence-electron chi connectivity index (χ1n) is 10.1. The van der Waals surface area contributed by atoms with Gasteiger partial charge in [0.25, 0.3) is 5.56 Å². The maximum atomic E-state index is 13.3. The molecular weight excluding hydrogens is 424 g/mol. The minimum atomic E-state index is -0.275. The summed E-state index contributed by atoms with van der Waals surface area (Å²) in [6.45, 7) is 1.82. The molecule has 1 amide bonds. The number of amides is 1. The van der Waals surface area contributed by atoms with E-state index >= 15 is 0 Å². The van der Waals surface area contributed by atoms with Crippen molar-refractivity contribution in [2.45, 2.75) is 6.92 Å². The number of carbonyl (C=O) groups is 1. The second-order valence-electron chi connectivity index (χ2n) is 7.54. The number of benzene rings is 2. The molecule has 8 nitrogen and oxygen atoms in total. The van der Waals surface area contributed by atoms with E-state index in [1.165, 1.54) is 16.7 Å². The Bertz CT molecular complexity index is 1260. The number of hydrogen-bond donors (Lipinski definition) is 0. The molecule has 0 saturated carbocycles. The Morgan fingerprint density at radius 1 is 1.03 bits per heavy atom. The zero-order valence-corrected chi connectivity index (χ0v) is 19.2. The third-order valence-electron chi connectivity index (χ3n) is 5.27. The lowest BCUT2D eigenvalue weighted by Crippen LogP contribution is -2.34. The van der Waals surface area contributed by atoms with Crippen LogP contribution in [0.2, 0.25) is 0 Å². The van der Waals surface area contributed by atoms with Crippen molar-refractivity contribution in [2.75, 3.05) is 29.6 Å². The van der Waals surface area contributed by atoms with Gasteiger partial charge in [-0.15, -0.1) is 5.10 Å². The molecule has 0 spiro atoms. The monoisotopic (exact) mass is 448 g/mol. The normalized spacial score (nSPS) is 15.3. The van der Waals surface area contributed by atoms with Crippen LogP contribution in [-0.2, 0) is 11.8 Å². The molecule has 4 rings (SSSR count). The lowest BCUT2D eigenvalue weighted by atomic mass is 10.2.